The van der Waals surface area contributed by atoms with Crippen LogP contribution < -0.4 is 5.73 Å². The summed E-state index contributed by atoms with van der Waals surface area (Å²) < 4.78 is 0. The van der Waals surface area contributed by atoms with E-state index in [1.54, 1.807) is 0 Å². The summed E-state index contributed by atoms with van der Waals surface area (Å²) in [6, 6.07) is 4.91. The van der Waals surface area contributed by atoms with Crippen molar-refractivity contribution in [2.75, 3.05) is 0 Å². The Morgan fingerprint density at radius 2 is 1.79 bits per heavy atom. The molecule has 1 aromatic rings. The highest BCUT2D eigenvalue weighted by atomic mass is 32.1. The van der Waals surface area contributed by atoms with Crippen molar-refractivity contribution in [3.63, 3.8) is 0 Å². The zero-order valence-corrected chi connectivity index (χ0v) is 13.0. The van der Waals surface area contributed by atoms with Gasteiger partial charge in [-0.3, -0.25) is 0 Å². The maximum atomic E-state index is 6.61. The molecule has 0 radical (unpaired) electrons. The molecule has 2 N–H and O–H groups in total. The summed E-state index contributed by atoms with van der Waals surface area (Å²) in [6.07, 6.45) is 4.51. The van der Waals surface area contributed by atoms with E-state index >= 15 is 0 Å². The van der Waals surface area contributed by atoms with Crippen LogP contribution in [0.25, 0.3) is 0 Å². The van der Waals surface area contributed by atoms with Crippen LogP contribution in [-0.2, 0) is 5.41 Å². The first kappa shape index (κ1) is 12.4. The number of hydrogen-bond acceptors (Lipinski definition) is 2. The minimum Gasteiger partial charge on any atom is -0.323 e. The highest BCUT2D eigenvalue weighted by Gasteiger charge is 2.66. The molecule has 3 fully saturated rings. The van der Waals surface area contributed by atoms with Crippen LogP contribution in [0.15, 0.2) is 12.1 Å². The second-order valence-corrected chi connectivity index (χ2v) is 9.16. The lowest BCUT2D eigenvalue weighted by Gasteiger charge is -2.17. The summed E-state index contributed by atoms with van der Waals surface area (Å²) in [5.74, 6) is 4.88. The van der Waals surface area contributed by atoms with Gasteiger partial charge in [0.2, 0.25) is 0 Å². The molecule has 5 unspecified atom stereocenters. The van der Waals surface area contributed by atoms with Crippen LogP contribution in [0.2, 0.25) is 0 Å². The second kappa shape index (κ2) is 3.85. The fraction of sp³-hybridized carbons (Fsp3) is 0.765. The molecular weight excluding hydrogens is 250 g/mol. The molecule has 0 aromatic carbocycles. The van der Waals surface area contributed by atoms with Gasteiger partial charge in [-0.05, 0) is 66.4 Å². The van der Waals surface area contributed by atoms with Crippen LogP contribution in [-0.4, -0.2) is 0 Å². The van der Waals surface area contributed by atoms with Crippen LogP contribution >= 0.6 is 11.3 Å². The van der Waals surface area contributed by atoms with Gasteiger partial charge in [0, 0.05) is 15.8 Å². The average Bonchev–Trinajstić information content (AvgIpc) is 2.78. The summed E-state index contributed by atoms with van der Waals surface area (Å²) in [4.78, 5) is 2.91. The van der Waals surface area contributed by atoms with E-state index in [4.69, 9.17) is 5.73 Å². The molecule has 2 heteroatoms. The molecule has 4 rings (SSSR count). The molecule has 0 saturated heterocycles. The Hall–Kier alpha value is -0.340. The van der Waals surface area contributed by atoms with Gasteiger partial charge in [0.05, 0.1) is 0 Å². The van der Waals surface area contributed by atoms with E-state index in [1.165, 1.54) is 29.0 Å². The standard InChI is InChI=1S/C17H25NS/c1-17(2,3)12-7-6-11(19-12)16(18)15-13-9-4-5-10(8-9)14(13)15/h6-7,9-10,13-16H,4-5,8,18H2,1-3H3. The summed E-state index contributed by atoms with van der Waals surface area (Å²) in [5.41, 5.74) is 6.87. The number of rotatable bonds is 2. The van der Waals surface area contributed by atoms with Crippen LogP contribution in [0.5, 0.6) is 0 Å². The van der Waals surface area contributed by atoms with Crippen molar-refractivity contribution in [3.05, 3.63) is 21.9 Å². The molecule has 0 aliphatic heterocycles. The van der Waals surface area contributed by atoms with Gasteiger partial charge >= 0.3 is 0 Å². The third-order valence-corrected chi connectivity index (χ3v) is 7.52. The Kier molecular flexibility index (Phi) is 2.52. The van der Waals surface area contributed by atoms with Crippen molar-refractivity contribution in [2.45, 2.75) is 51.5 Å². The Morgan fingerprint density at radius 1 is 1.16 bits per heavy atom. The molecular formula is C17H25NS. The first-order valence-electron chi connectivity index (χ1n) is 7.82. The highest BCUT2D eigenvalue weighted by molar-refractivity contribution is 7.12. The van der Waals surface area contributed by atoms with E-state index in [2.05, 4.69) is 32.9 Å². The van der Waals surface area contributed by atoms with E-state index in [9.17, 15) is 0 Å². The Labute approximate surface area is 120 Å². The van der Waals surface area contributed by atoms with Gasteiger partial charge in [-0.15, -0.1) is 11.3 Å². The molecule has 1 heterocycles. The maximum absolute atomic E-state index is 6.61. The van der Waals surface area contributed by atoms with Gasteiger partial charge < -0.3 is 5.73 Å². The van der Waals surface area contributed by atoms with Gasteiger partial charge in [0.25, 0.3) is 0 Å². The fourth-order valence-corrected chi connectivity index (χ4v) is 6.12. The van der Waals surface area contributed by atoms with Crippen molar-refractivity contribution >= 4 is 11.3 Å². The van der Waals surface area contributed by atoms with Crippen LogP contribution in [0, 0.1) is 29.6 Å². The lowest BCUT2D eigenvalue weighted by Crippen LogP contribution is -2.16. The van der Waals surface area contributed by atoms with Crippen molar-refractivity contribution in [3.8, 4) is 0 Å². The minimum absolute atomic E-state index is 0.265. The lowest BCUT2D eigenvalue weighted by molar-refractivity contribution is 0.420. The second-order valence-electron chi connectivity index (χ2n) is 8.04. The smallest absolute Gasteiger partial charge is 0.0424 e. The van der Waals surface area contributed by atoms with E-state index in [0.717, 1.165) is 29.6 Å². The van der Waals surface area contributed by atoms with E-state index < -0.39 is 0 Å². The molecule has 3 aliphatic rings. The Bertz CT molecular complexity index is 482. The van der Waals surface area contributed by atoms with Gasteiger partial charge in [0.15, 0.2) is 0 Å². The molecule has 3 aliphatic carbocycles. The van der Waals surface area contributed by atoms with Crippen molar-refractivity contribution in [1.29, 1.82) is 0 Å². The predicted octanol–water partition coefficient (Wildman–Crippen LogP) is 4.34. The minimum atomic E-state index is 0.265. The summed E-state index contributed by atoms with van der Waals surface area (Å²) in [7, 11) is 0. The Balaban J connectivity index is 1.53. The SMILES string of the molecule is CC(C)(C)c1ccc(C(N)C2C3C4CCC(C4)C32)s1. The predicted molar refractivity (Wildman–Crippen MR) is 81.2 cm³/mol. The van der Waals surface area contributed by atoms with Gasteiger partial charge in [-0.25, -0.2) is 0 Å². The number of nitrogens with two attached hydrogens (primary N) is 1. The largest absolute Gasteiger partial charge is 0.323 e. The zero-order chi connectivity index (χ0) is 13.4. The zero-order valence-electron chi connectivity index (χ0n) is 12.2. The summed E-state index contributed by atoms with van der Waals surface area (Å²) in [6.45, 7) is 6.88. The van der Waals surface area contributed by atoms with Crippen molar-refractivity contribution < 1.29 is 0 Å². The quantitative estimate of drug-likeness (QED) is 0.854. The third-order valence-electron chi connectivity index (χ3n) is 5.90. The van der Waals surface area contributed by atoms with E-state index in [1.807, 2.05) is 11.3 Å². The first-order chi connectivity index (χ1) is 8.97. The molecule has 1 nitrogen and oxygen atoms in total. The molecule has 0 spiro atoms. The topological polar surface area (TPSA) is 26.0 Å². The van der Waals surface area contributed by atoms with Crippen molar-refractivity contribution in [2.24, 2.45) is 35.3 Å². The highest BCUT2D eigenvalue weighted by Crippen LogP contribution is 2.72. The normalized spacial score (nSPS) is 41.4. The molecule has 104 valence electrons. The van der Waals surface area contributed by atoms with Gasteiger partial charge in [-0.1, -0.05) is 20.8 Å². The third kappa shape index (κ3) is 1.76. The van der Waals surface area contributed by atoms with E-state index in [0.29, 0.717) is 6.04 Å². The fourth-order valence-electron chi connectivity index (χ4n) is 5.00. The lowest BCUT2D eigenvalue weighted by atomic mass is 9.94. The number of thiophene rings is 1. The van der Waals surface area contributed by atoms with Gasteiger partial charge in [-0.2, -0.15) is 0 Å². The molecule has 3 saturated carbocycles. The monoisotopic (exact) mass is 275 g/mol. The van der Waals surface area contributed by atoms with E-state index in [-0.39, 0.29) is 5.41 Å². The van der Waals surface area contributed by atoms with Crippen LogP contribution in [0.3, 0.4) is 0 Å². The molecule has 1 aromatic heterocycles. The summed E-state index contributed by atoms with van der Waals surface area (Å²) >= 11 is 1.95. The van der Waals surface area contributed by atoms with Crippen LogP contribution in [0.4, 0.5) is 0 Å². The molecule has 19 heavy (non-hydrogen) atoms. The average molecular weight is 275 g/mol. The molecule has 2 bridgehead atoms. The first-order valence-corrected chi connectivity index (χ1v) is 8.64. The van der Waals surface area contributed by atoms with Gasteiger partial charge in [0.1, 0.15) is 0 Å². The maximum Gasteiger partial charge on any atom is 0.0424 e. The van der Waals surface area contributed by atoms with Crippen molar-refractivity contribution in [1.82, 2.24) is 0 Å². The Morgan fingerprint density at radius 3 is 2.32 bits per heavy atom. The molecule has 0 amide bonds. The molecule has 5 atom stereocenters. The number of hydrogen-bond donors (Lipinski definition) is 1. The number of fused-ring (bicyclic) bond motifs is 5. The van der Waals surface area contributed by atoms with Crippen LogP contribution in [0.1, 0.15) is 55.8 Å². The summed E-state index contributed by atoms with van der Waals surface area (Å²) in [5, 5.41) is 0.